The lowest BCUT2D eigenvalue weighted by molar-refractivity contribution is 0.0909. The molecule has 0 aliphatic rings. The largest absolute Gasteiger partial charge is 0.491 e. The van der Waals surface area contributed by atoms with E-state index in [4.69, 9.17) is 9.47 Å². The first-order chi connectivity index (χ1) is 9.00. The van der Waals surface area contributed by atoms with Gasteiger partial charge in [-0.15, -0.1) is 0 Å². The Morgan fingerprint density at radius 1 is 1.16 bits per heavy atom. The summed E-state index contributed by atoms with van der Waals surface area (Å²) in [6.45, 7) is 7.47. The maximum absolute atomic E-state index is 13.1. The molecule has 3 nitrogen and oxygen atoms in total. The van der Waals surface area contributed by atoms with Crippen molar-refractivity contribution >= 4 is 0 Å². The number of aliphatic hydroxyl groups excluding tert-OH is 1. The fraction of sp³-hybridized carbons (Fsp3) is 0.600. The first-order valence-corrected chi connectivity index (χ1v) is 6.68. The Labute approximate surface area is 114 Å². The molecule has 0 spiro atoms. The third-order valence-electron chi connectivity index (χ3n) is 2.75. The fourth-order valence-corrected chi connectivity index (χ4v) is 1.61. The zero-order valence-electron chi connectivity index (χ0n) is 11.9. The van der Waals surface area contributed by atoms with Crippen molar-refractivity contribution in [1.29, 1.82) is 0 Å². The van der Waals surface area contributed by atoms with Gasteiger partial charge in [0, 0.05) is 12.2 Å². The van der Waals surface area contributed by atoms with Crippen LogP contribution in [0.25, 0.3) is 0 Å². The molecule has 0 aromatic heterocycles. The van der Waals surface area contributed by atoms with E-state index in [9.17, 15) is 9.50 Å². The molecule has 0 amide bonds. The first kappa shape index (κ1) is 15.9. The van der Waals surface area contributed by atoms with Crippen LogP contribution in [-0.2, 0) is 4.74 Å². The highest BCUT2D eigenvalue weighted by molar-refractivity contribution is 5.35. The van der Waals surface area contributed by atoms with E-state index >= 15 is 0 Å². The molecule has 19 heavy (non-hydrogen) atoms. The molecule has 0 saturated heterocycles. The second-order valence-electron chi connectivity index (χ2n) is 5.00. The van der Waals surface area contributed by atoms with Crippen LogP contribution in [0, 0.1) is 11.7 Å². The number of rotatable bonds is 8. The molecule has 108 valence electrons. The van der Waals surface area contributed by atoms with E-state index in [0.717, 1.165) is 6.42 Å². The average molecular weight is 270 g/mol. The summed E-state index contributed by atoms with van der Waals surface area (Å²) in [6, 6.07) is 4.14. The summed E-state index contributed by atoms with van der Waals surface area (Å²) in [4.78, 5) is 0. The van der Waals surface area contributed by atoms with Gasteiger partial charge in [0.15, 0.2) is 0 Å². The lowest BCUT2D eigenvalue weighted by Crippen LogP contribution is -2.10. The van der Waals surface area contributed by atoms with Gasteiger partial charge < -0.3 is 14.6 Å². The van der Waals surface area contributed by atoms with Crippen LogP contribution in [0.3, 0.4) is 0 Å². The predicted molar refractivity (Wildman–Crippen MR) is 72.8 cm³/mol. The van der Waals surface area contributed by atoms with Crippen LogP contribution in [0.2, 0.25) is 0 Å². The van der Waals surface area contributed by atoms with Crippen molar-refractivity contribution in [3.63, 3.8) is 0 Å². The predicted octanol–water partition coefficient (Wildman–Crippen LogP) is 3.32. The maximum atomic E-state index is 13.1. The average Bonchev–Trinajstić information content (AvgIpc) is 2.34. The van der Waals surface area contributed by atoms with E-state index in [2.05, 4.69) is 13.8 Å². The lowest BCUT2D eigenvalue weighted by atomic mass is 10.1. The number of hydrogen-bond donors (Lipinski definition) is 1. The highest BCUT2D eigenvalue weighted by atomic mass is 19.1. The van der Waals surface area contributed by atoms with Crippen LogP contribution in [0.5, 0.6) is 5.75 Å². The number of aliphatic hydroxyl groups is 1. The van der Waals surface area contributed by atoms with E-state index in [1.165, 1.54) is 18.2 Å². The summed E-state index contributed by atoms with van der Waals surface area (Å²) >= 11 is 0. The van der Waals surface area contributed by atoms with Gasteiger partial charge in [0.05, 0.1) is 12.7 Å². The van der Waals surface area contributed by atoms with Crippen LogP contribution in [-0.4, -0.2) is 24.9 Å². The van der Waals surface area contributed by atoms with Crippen molar-refractivity contribution in [2.45, 2.75) is 33.3 Å². The number of hydrogen-bond acceptors (Lipinski definition) is 3. The van der Waals surface area contributed by atoms with Crippen LogP contribution >= 0.6 is 0 Å². The Balaban J connectivity index is 2.37. The van der Waals surface area contributed by atoms with Crippen molar-refractivity contribution in [3.05, 3.63) is 29.6 Å². The van der Waals surface area contributed by atoms with E-state index in [-0.39, 0.29) is 5.82 Å². The summed E-state index contributed by atoms with van der Waals surface area (Å²) in [6.07, 6.45) is 0.266. The van der Waals surface area contributed by atoms with Gasteiger partial charge in [-0.2, -0.15) is 0 Å². The minimum atomic E-state index is -0.757. The molecule has 0 bridgehead atoms. The summed E-state index contributed by atoms with van der Waals surface area (Å²) < 4.78 is 24.0. The molecule has 0 radical (unpaired) electrons. The quantitative estimate of drug-likeness (QED) is 0.736. The van der Waals surface area contributed by atoms with Gasteiger partial charge in [-0.1, -0.05) is 13.8 Å². The molecule has 0 heterocycles. The molecule has 1 aromatic rings. The van der Waals surface area contributed by atoms with Gasteiger partial charge in [0.25, 0.3) is 0 Å². The molecular weight excluding hydrogens is 247 g/mol. The minimum absolute atomic E-state index is 0.378. The Morgan fingerprint density at radius 2 is 1.89 bits per heavy atom. The molecule has 4 heteroatoms. The summed E-state index contributed by atoms with van der Waals surface area (Å²) in [5.41, 5.74) is 0.460. The number of benzene rings is 1. The normalized spacial score (nSPS) is 12.7. The van der Waals surface area contributed by atoms with Crippen molar-refractivity contribution in [2.75, 3.05) is 19.8 Å². The monoisotopic (exact) mass is 270 g/mol. The molecular formula is C15H23FO3. The summed E-state index contributed by atoms with van der Waals surface area (Å²) in [5.74, 6) is 0.750. The molecule has 0 fully saturated rings. The van der Waals surface area contributed by atoms with Crippen LogP contribution in [0.4, 0.5) is 4.39 Å². The SMILES string of the molecule is CC(C)CCOCCOc1ccc(F)cc1[C@@H](C)O. The Morgan fingerprint density at radius 3 is 2.53 bits per heavy atom. The van der Waals surface area contributed by atoms with Gasteiger partial charge in [0.2, 0.25) is 0 Å². The van der Waals surface area contributed by atoms with Crippen LogP contribution in [0.1, 0.15) is 38.9 Å². The van der Waals surface area contributed by atoms with Gasteiger partial charge in [-0.25, -0.2) is 4.39 Å². The highest BCUT2D eigenvalue weighted by Gasteiger charge is 2.10. The molecule has 0 unspecified atom stereocenters. The molecule has 0 aliphatic heterocycles. The summed E-state index contributed by atoms with van der Waals surface area (Å²) in [5, 5.41) is 9.55. The van der Waals surface area contributed by atoms with E-state index in [1.807, 2.05) is 0 Å². The topological polar surface area (TPSA) is 38.7 Å². The first-order valence-electron chi connectivity index (χ1n) is 6.68. The third-order valence-corrected chi connectivity index (χ3v) is 2.75. The fourth-order valence-electron chi connectivity index (χ4n) is 1.61. The molecule has 0 saturated carbocycles. The van der Waals surface area contributed by atoms with E-state index in [1.54, 1.807) is 6.92 Å². The van der Waals surface area contributed by atoms with Gasteiger partial charge in [-0.3, -0.25) is 0 Å². The molecule has 1 aromatic carbocycles. The van der Waals surface area contributed by atoms with Crippen molar-refractivity contribution in [3.8, 4) is 5.75 Å². The number of halogens is 1. The lowest BCUT2D eigenvalue weighted by Gasteiger charge is -2.14. The van der Waals surface area contributed by atoms with Gasteiger partial charge in [-0.05, 0) is 37.5 Å². The Kier molecular flexibility index (Phi) is 6.81. The minimum Gasteiger partial charge on any atom is -0.491 e. The second kappa shape index (κ2) is 8.12. The van der Waals surface area contributed by atoms with Crippen molar-refractivity contribution in [1.82, 2.24) is 0 Å². The third kappa shape index (κ3) is 6.03. The summed E-state index contributed by atoms with van der Waals surface area (Å²) in [7, 11) is 0. The smallest absolute Gasteiger partial charge is 0.125 e. The molecule has 0 aliphatic carbocycles. The molecule has 1 atom stereocenters. The second-order valence-corrected chi connectivity index (χ2v) is 5.00. The van der Waals surface area contributed by atoms with E-state index in [0.29, 0.717) is 37.1 Å². The van der Waals surface area contributed by atoms with Crippen molar-refractivity contribution < 1.29 is 19.0 Å². The molecule has 1 N–H and O–H groups in total. The van der Waals surface area contributed by atoms with E-state index < -0.39 is 6.10 Å². The van der Waals surface area contributed by atoms with Gasteiger partial charge >= 0.3 is 0 Å². The van der Waals surface area contributed by atoms with Crippen LogP contribution in [0.15, 0.2) is 18.2 Å². The standard InChI is InChI=1S/C15H23FO3/c1-11(2)6-7-18-8-9-19-15-5-4-13(16)10-14(15)12(3)17/h4-5,10-12,17H,6-9H2,1-3H3/t12-/m1/s1. The molecule has 1 rings (SSSR count). The Hall–Kier alpha value is -1.13. The Bertz CT molecular complexity index is 378. The zero-order valence-corrected chi connectivity index (χ0v) is 11.9. The van der Waals surface area contributed by atoms with Gasteiger partial charge in [0.1, 0.15) is 18.2 Å². The maximum Gasteiger partial charge on any atom is 0.125 e. The number of ether oxygens (including phenoxy) is 2. The zero-order chi connectivity index (χ0) is 14.3. The van der Waals surface area contributed by atoms with Crippen LogP contribution < -0.4 is 4.74 Å². The van der Waals surface area contributed by atoms with Crippen molar-refractivity contribution in [2.24, 2.45) is 5.92 Å². The highest BCUT2D eigenvalue weighted by Crippen LogP contribution is 2.25.